The summed E-state index contributed by atoms with van der Waals surface area (Å²) in [6.07, 6.45) is 5.43. The third kappa shape index (κ3) is 9.52. The Morgan fingerprint density at radius 2 is 1.58 bits per heavy atom. The lowest BCUT2D eigenvalue weighted by Gasteiger charge is -2.32. The third-order valence-electron chi connectivity index (χ3n) is 9.76. The number of anilines is 2. The molecule has 0 radical (unpaired) electrons. The predicted molar refractivity (Wildman–Crippen MR) is 198 cm³/mol. The molecule has 266 valence electrons. The lowest BCUT2D eigenvalue weighted by molar-refractivity contribution is -0.123. The summed E-state index contributed by atoms with van der Waals surface area (Å²) in [6.45, 7) is 10.6. The molecule has 10 heteroatoms. The monoisotopic (exact) mass is 681 g/mol. The van der Waals surface area contributed by atoms with Crippen molar-refractivity contribution in [1.82, 2.24) is 9.80 Å². The summed E-state index contributed by atoms with van der Waals surface area (Å²) >= 11 is 0. The van der Waals surface area contributed by atoms with E-state index in [0.717, 1.165) is 98.6 Å². The Bertz CT molecular complexity index is 1610. The number of likely N-dealkylation sites (tertiary alicyclic amines) is 2. The van der Waals surface area contributed by atoms with Gasteiger partial charge in [0.25, 0.3) is 0 Å². The molecule has 0 aromatic heterocycles. The number of methoxy groups -OCH3 is 1. The van der Waals surface area contributed by atoms with Crippen LogP contribution in [0.1, 0.15) is 50.2 Å². The maximum atomic E-state index is 13.4. The van der Waals surface area contributed by atoms with Crippen LogP contribution in [-0.4, -0.2) is 80.2 Å². The molecule has 2 saturated heterocycles. The zero-order valence-electron chi connectivity index (χ0n) is 29.4. The molecule has 3 aliphatic rings. The molecule has 3 aromatic rings. The number of hydrogen-bond donors (Lipinski definition) is 2. The van der Waals surface area contributed by atoms with Crippen LogP contribution in [0.4, 0.5) is 16.2 Å². The van der Waals surface area contributed by atoms with E-state index in [4.69, 9.17) is 15.2 Å². The molecule has 0 saturated carbocycles. The maximum absolute atomic E-state index is 13.4. The second-order valence-corrected chi connectivity index (χ2v) is 13.2. The fourth-order valence-electron chi connectivity index (χ4n) is 7.05. The number of nitrogens with two attached hydrogens (primary N) is 1. The van der Waals surface area contributed by atoms with Crippen molar-refractivity contribution in [3.63, 3.8) is 0 Å². The summed E-state index contributed by atoms with van der Waals surface area (Å²) in [4.78, 5) is 44.2. The van der Waals surface area contributed by atoms with E-state index in [1.165, 1.54) is 5.56 Å². The van der Waals surface area contributed by atoms with Crippen LogP contribution < -0.4 is 20.7 Å². The average molecular weight is 682 g/mol. The number of nitrogens with zero attached hydrogens (tertiary/aromatic N) is 3. The largest absolute Gasteiger partial charge is 0.496 e. The first-order valence-corrected chi connectivity index (χ1v) is 17.7. The van der Waals surface area contributed by atoms with Crippen LogP contribution in [0, 0.1) is 5.92 Å². The van der Waals surface area contributed by atoms with Gasteiger partial charge in [0.05, 0.1) is 18.5 Å². The van der Waals surface area contributed by atoms with Crippen LogP contribution in [0.5, 0.6) is 5.75 Å². The van der Waals surface area contributed by atoms with Crippen molar-refractivity contribution in [1.29, 1.82) is 0 Å². The van der Waals surface area contributed by atoms with Crippen molar-refractivity contribution < 1.29 is 23.9 Å². The molecule has 2 fully saturated rings. The Labute approximate surface area is 296 Å². The molecule has 3 heterocycles. The number of primary amides is 1. The Balaban J connectivity index is 0.00000156. The molecule has 3 aromatic carbocycles. The van der Waals surface area contributed by atoms with E-state index in [-0.39, 0.29) is 23.8 Å². The van der Waals surface area contributed by atoms with E-state index < -0.39 is 6.09 Å². The second-order valence-electron chi connectivity index (χ2n) is 13.2. The quantitative estimate of drug-likeness (QED) is 0.243. The number of allylic oxidation sites excluding steroid dienone is 1. The van der Waals surface area contributed by atoms with Crippen molar-refractivity contribution in [3.05, 3.63) is 90.5 Å². The van der Waals surface area contributed by atoms with Crippen LogP contribution >= 0.6 is 0 Å². The molecule has 6 rings (SSSR count). The summed E-state index contributed by atoms with van der Waals surface area (Å²) in [5.74, 6) is 0.662. The number of para-hydroxylation sites is 1. The van der Waals surface area contributed by atoms with E-state index in [9.17, 15) is 14.4 Å². The minimum absolute atomic E-state index is 0.0342. The van der Waals surface area contributed by atoms with Gasteiger partial charge < -0.3 is 25.0 Å². The van der Waals surface area contributed by atoms with E-state index in [1.807, 2.05) is 72.5 Å². The average Bonchev–Trinajstić information content (AvgIpc) is 3.55. The van der Waals surface area contributed by atoms with Crippen molar-refractivity contribution in [3.8, 4) is 16.9 Å². The number of rotatable bonds is 10. The first-order valence-electron chi connectivity index (χ1n) is 17.7. The van der Waals surface area contributed by atoms with Gasteiger partial charge in [-0.15, -0.1) is 6.58 Å². The molecule has 3 aliphatic heterocycles. The Hall–Kier alpha value is -4.67. The second kappa shape index (κ2) is 17.8. The number of piperidine rings is 2. The summed E-state index contributed by atoms with van der Waals surface area (Å²) in [7, 11) is 1.67. The fourth-order valence-corrected chi connectivity index (χ4v) is 7.05. The molecule has 0 unspecified atom stereocenters. The van der Waals surface area contributed by atoms with Gasteiger partial charge in [0.2, 0.25) is 11.8 Å². The van der Waals surface area contributed by atoms with E-state index in [1.54, 1.807) is 13.2 Å². The molecule has 50 heavy (non-hydrogen) atoms. The lowest BCUT2D eigenvalue weighted by atomic mass is 9.95. The Morgan fingerprint density at radius 3 is 2.26 bits per heavy atom. The molecule has 0 spiro atoms. The highest BCUT2D eigenvalue weighted by Gasteiger charge is 2.29. The summed E-state index contributed by atoms with van der Waals surface area (Å²) < 4.78 is 11.6. The fraction of sp³-hybridized carbons (Fsp3) is 0.425. The van der Waals surface area contributed by atoms with Crippen LogP contribution in [0.2, 0.25) is 0 Å². The van der Waals surface area contributed by atoms with Gasteiger partial charge in [-0.2, -0.15) is 0 Å². The SMILES string of the molecule is C=CC.COc1cc2c(cc1CN1CCC(C(N)=O)CC1)CCN2C(=O)CCN1CCC(OC(=O)Nc2ccccc2-c2ccccc2)CC1. The highest BCUT2D eigenvalue weighted by molar-refractivity contribution is 5.96. The number of amides is 3. The van der Waals surface area contributed by atoms with Gasteiger partial charge in [0.15, 0.2) is 0 Å². The topological polar surface area (TPSA) is 117 Å². The van der Waals surface area contributed by atoms with E-state index >= 15 is 0 Å². The van der Waals surface area contributed by atoms with Crippen LogP contribution in [-0.2, 0) is 27.3 Å². The van der Waals surface area contributed by atoms with Crippen LogP contribution in [0.25, 0.3) is 11.1 Å². The first-order chi connectivity index (χ1) is 24.3. The number of fused-ring (bicyclic) bond motifs is 1. The molecule has 0 aliphatic carbocycles. The van der Waals surface area contributed by atoms with Crippen molar-refractivity contribution >= 4 is 29.3 Å². The predicted octanol–water partition coefficient (Wildman–Crippen LogP) is 6.24. The summed E-state index contributed by atoms with van der Waals surface area (Å²) in [5.41, 5.74) is 11.4. The smallest absolute Gasteiger partial charge is 0.411 e. The standard InChI is InChI=1S/C37H45N5O5.C3H6/c1-46-34-24-33-28(23-29(34)25-41-17-11-27(12-18-41)36(38)44)13-22-42(33)35(43)16-21-40-19-14-30(15-20-40)47-37(45)39-32-10-6-5-9-31(32)26-7-3-2-4-8-26;1-3-2/h2-10,23-24,27,30H,11-22,25H2,1H3,(H2,38,44)(H,39,45);3H,1H2,2H3. The van der Waals surface area contributed by atoms with Gasteiger partial charge in [-0.1, -0.05) is 54.6 Å². The molecule has 10 nitrogen and oxygen atoms in total. The van der Waals surface area contributed by atoms with Gasteiger partial charge in [-0.3, -0.25) is 19.8 Å². The number of carbonyl (C=O) groups is 3. The molecule has 3 amide bonds. The molecule has 0 bridgehead atoms. The van der Waals surface area contributed by atoms with E-state index in [2.05, 4.69) is 27.8 Å². The van der Waals surface area contributed by atoms with Crippen LogP contribution in [0.3, 0.4) is 0 Å². The molecular weight excluding hydrogens is 630 g/mol. The number of benzene rings is 3. The zero-order chi connectivity index (χ0) is 35.5. The highest BCUT2D eigenvalue weighted by atomic mass is 16.6. The Morgan fingerprint density at radius 1 is 0.920 bits per heavy atom. The summed E-state index contributed by atoms with van der Waals surface area (Å²) in [6, 6.07) is 21.9. The van der Waals surface area contributed by atoms with Gasteiger partial charge in [0.1, 0.15) is 11.9 Å². The van der Waals surface area contributed by atoms with Gasteiger partial charge in [0, 0.05) is 62.3 Å². The highest BCUT2D eigenvalue weighted by Crippen LogP contribution is 2.36. The lowest BCUT2D eigenvalue weighted by Crippen LogP contribution is -2.40. The van der Waals surface area contributed by atoms with E-state index in [0.29, 0.717) is 19.5 Å². The minimum atomic E-state index is -0.444. The Kier molecular flexibility index (Phi) is 13.1. The number of carbonyl (C=O) groups excluding carboxylic acids is 3. The molecule has 0 atom stereocenters. The van der Waals surface area contributed by atoms with Gasteiger partial charge in [-0.05, 0) is 75.4 Å². The van der Waals surface area contributed by atoms with Crippen molar-refractivity contribution in [2.75, 3.05) is 56.6 Å². The minimum Gasteiger partial charge on any atom is -0.496 e. The third-order valence-corrected chi connectivity index (χ3v) is 9.76. The number of nitrogens with one attached hydrogen (secondary N) is 1. The van der Waals surface area contributed by atoms with Crippen molar-refractivity contribution in [2.45, 2.75) is 58.1 Å². The summed E-state index contributed by atoms with van der Waals surface area (Å²) in [5, 5.41) is 2.93. The van der Waals surface area contributed by atoms with Gasteiger partial charge >= 0.3 is 6.09 Å². The molecule has 3 N–H and O–H groups in total. The van der Waals surface area contributed by atoms with Gasteiger partial charge in [-0.25, -0.2) is 4.79 Å². The van der Waals surface area contributed by atoms with Crippen LogP contribution in [0.15, 0.2) is 79.4 Å². The normalized spacial score (nSPS) is 16.9. The number of ether oxygens (including phenoxy) is 2. The first kappa shape index (κ1) is 36.6. The molecular formula is C40H51N5O5. The number of hydrogen-bond acceptors (Lipinski definition) is 7. The van der Waals surface area contributed by atoms with Crippen molar-refractivity contribution in [2.24, 2.45) is 11.7 Å². The maximum Gasteiger partial charge on any atom is 0.411 e. The zero-order valence-corrected chi connectivity index (χ0v) is 29.4.